The molecule has 2 aliphatic rings. The van der Waals surface area contributed by atoms with Crippen molar-refractivity contribution in [3.63, 3.8) is 0 Å². The molecule has 2 aromatic carbocycles. The van der Waals surface area contributed by atoms with E-state index in [0.717, 1.165) is 36.4 Å². The van der Waals surface area contributed by atoms with Gasteiger partial charge in [0.25, 0.3) is 11.1 Å². The predicted octanol–water partition coefficient (Wildman–Crippen LogP) is 7.60. The van der Waals surface area contributed by atoms with E-state index < -0.39 is 63.7 Å². The van der Waals surface area contributed by atoms with Crippen molar-refractivity contribution in [3.8, 4) is 11.4 Å². The highest BCUT2D eigenvalue weighted by Gasteiger charge is 2.38. The van der Waals surface area contributed by atoms with Gasteiger partial charge in [0, 0.05) is 74.9 Å². The number of nitrogens with zero attached hydrogens (tertiary/aromatic N) is 2. The zero-order valence-corrected chi connectivity index (χ0v) is 33.6. The van der Waals surface area contributed by atoms with E-state index in [2.05, 4.69) is 15.3 Å². The van der Waals surface area contributed by atoms with Crippen molar-refractivity contribution >= 4 is 29.0 Å². The average molecular weight is 907 g/mol. The highest BCUT2D eigenvalue weighted by atomic mass is 35.5. The third-order valence-electron chi connectivity index (χ3n) is 10.1. The van der Waals surface area contributed by atoms with E-state index in [9.17, 15) is 63.9 Å². The molecule has 0 aliphatic heterocycles. The monoisotopic (exact) mass is 906 g/mol. The number of halogens is 9. The smallest absolute Gasteiger partial charge is 0.334 e. The standard InChI is InChI=1S/C20H21F4N3O3.C10H5ClF2N2O2.C10H17F2NO.CH4/c1-11(28)6-16(12-2-4-20(23,24)5-3-12)25-17-10-18(29)27(19(30)26-17)15-8-13(21)7-14(22)9-15;11-8-4-9(16)15(10(17)14-8)7-2-5(12)1-6(13)3-7;1-7(14)6-9(13)8-2-4-10(11,12)5-3-8;/h7-10,12,16,25H,2-6H2,1H3,(H,26,30);1-4H,(H,14,17);8-9H,2-6,13H2,1H3;1H4/t16-;;9-;/m1.1./s1. The minimum absolute atomic E-state index is 0. The number of rotatable bonds is 10. The molecule has 0 amide bonds. The van der Waals surface area contributed by atoms with Crippen LogP contribution in [0.3, 0.4) is 0 Å². The molecule has 0 bridgehead atoms. The molecule has 5 N–H and O–H groups in total. The molecule has 2 fully saturated rings. The lowest BCUT2D eigenvalue weighted by Crippen LogP contribution is -2.39. The molecule has 62 heavy (non-hydrogen) atoms. The number of nitrogens with two attached hydrogens (primary N) is 1. The van der Waals surface area contributed by atoms with Gasteiger partial charge in [-0.3, -0.25) is 29.1 Å². The summed E-state index contributed by atoms with van der Waals surface area (Å²) in [5, 5.41) is 2.76. The topological polar surface area (TPSA) is 182 Å². The third-order valence-corrected chi connectivity index (χ3v) is 10.3. The Balaban J connectivity index is 0.000000271. The summed E-state index contributed by atoms with van der Waals surface area (Å²) in [4.78, 5) is 74.8. The summed E-state index contributed by atoms with van der Waals surface area (Å²) in [6.45, 7) is 2.85. The molecule has 12 nitrogen and oxygen atoms in total. The van der Waals surface area contributed by atoms with Crippen LogP contribution in [0.5, 0.6) is 0 Å². The summed E-state index contributed by atoms with van der Waals surface area (Å²) in [6, 6.07) is 5.85. The zero-order valence-electron chi connectivity index (χ0n) is 32.8. The second-order valence-electron chi connectivity index (χ2n) is 15.1. The van der Waals surface area contributed by atoms with Gasteiger partial charge in [-0.25, -0.2) is 53.8 Å². The first-order chi connectivity index (χ1) is 28.4. The van der Waals surface area contributed by atoms with Gasteiger partial charge in [0.15, 0.2) is 0 Å². The number of carbonyl (C=O) groups excluding carboxylic acids is 2. The lowest BCUT2D eigenvalue weighted by atomic mass is 9.80. The molecule has 340 valence electrons. The predicted molar refractivity (Wildman–Crippen MR) is 217 cm³/mol. The molecule has 0 spiro atoms. The number of Topliss-reactive ketones (excluding diaryl/α,β-unsaturated/α-hetero) is 2. The van der Waals surface area contributed by atoms with E-state index in [1.54, 1.807) is 0 Å². The number of aromatic nitrogens is 4. The molecule has 21 heteroatoms. The fourth-order valence-electron chi connectivity index (χ4n) is 7.17. The van der Waals surface area contributed by atoms with Crippen molar-refractivity contribution in [2.24, 2.45) is 17.6 Å². The number of nitrogens with one attached hydrogen (secondary N) is 3. The van der Waals surface area contributed by atoms with Gasteiger partial charge < -0.3 is 11.1 Å². The van der Waals surface area contributed by atoms with Gasteiger partial charge >= 0.3 is 11.4 Å². The van der Waals surface area contributed by atoms with Gasteiger partial charge in [0.05, 0.1) is 11.4 Å². The van der Waals surface area contributed by atoms with Crippen molar-refractivity contribution in [1.82, 2.24) is 19.1 Å². The van der Waals surface area contributed by atoms with E-state index in [1.807, 2.05) is 0 Å². The van der Waals surface area contributed by atoms with Gasteiger partial charge in [-0.15, -0.1) is 0 Å². The number of ketones is 2. The second-order valence-corrected chi connectivity index (χ2v) is 15.5. The first-order valence-corrected chi connectivity index (χ1v) is 19.4. The van der Waals surface area contributed by atoms with E-state index >= 15 is 0 Å². The van der Waals surface area contributed by atoms with Crippen molar-refractivity contribution in [3.05, 3.63) is 119 Å². The van der Waals surface area contributed by atoms with Gasteiger partial charge in [0.1, 0.15) is 45.8 Å². The number of aromatic amines is 2. The molecular weight excluding hydrogens is 860 g/mol. The number of carbonyl (C=O) groups is 2. The number of hydrogen-bond acceptors (Lipinski definition) is 8. The largest absolute Gasteiger partial charge is 0.368 e. The van der Waals surface area contributed by atoms with Crippen LogP contribution in [-0.4, -0.2) is 54.6 Å². The first kappa shape index (κ1) is 51.0. The lowest BCUT2D eigenvalue weighted by Gasteiger charge is -2.34. The van der Waals surface area contributed by atoms with Gasteiger partial charge in [-0.1, -0.05) is 19.0 Å². The van der Waals surface area contributed by atoms with Crippen LogP contribution in [0.4, 0.5) is 40.9 Å². The molecule has 6 rings (SSSR count). The minimum atomic E-state index is -2.73. The van der Waals surface area contributed by atoms with Crippen LogP contribution in [-0.2, 0) is 9.59 Å². The molecule has 0 radical (unpaired) electrons. The average Bonchev–Trinajstić information content (AvgIpc) is 3.10. The van der Waals surface area contributed by atoms with Gasteiger partial charge in [-0.2, -0.15) is 0 Å². The molecule has 2 aliphatic carbocycles. The number of H-pyrrole nitrogens is 2. The molecule has 2 atom stereocenters. The molecular formula is C41H47ClF8N6O6. The summed E-state index contributed by atoms with van der Waals surface area (Å²) in [7, 11) is 0. The van der Waals surface area contributed by atoms with Crippen LogP contribution >= 0.6 is 11.6 Å². The number of anilines is 1. The molecule has 0 unspecified atom stereocenters. The Morgan fingerprint density at radius 2 is 1.06 bits per heavy atom. The molecule has 2 heterocycles. The highest BCUT2D eigenvalue weighted by molar-refractivity contribution is 6.29. The lowest BCUT2D eigenvalue weighted by molar-refractivity contribution is -0.118. The number of hydrogen-bond donors (Lipinski definition) is 4. The maximum atomic E-state index is 13.5. The summed E-state index contributed by atoms with van der Waals surface area (Å²) in [5.74, 6) is -9.19. The molecule has 2 saturated carbocycles. The molecule has 2 aromatic heterocycles. The first-order valence-electron chi connectivity index (χ1n) is 19.0. The van der Waals surface area contributed by atoms with Crippen molar-refractivity contribution < 1.29 is 44.7 Å². The van der Waals surface area contributed by atoms with Gasteiger partial charge in [-0.05, 0) is 75.6 Å². The van der Waals surface area contributed by atoms with Gasteiger partial charge in [0.2, 0.25) is 11.8 Å². The third kappa shape index (κ3) is 14.9. The van der Waals surface area contributed by atoms with Crippen LogP contribution in [0.25, 0.3) is 11.4 Å². The Morgan fingerprint density at radius 1 is 0.677 bits per heavy atom. The van der Waals surface area contributed by atoms with Crippen molar-refractivity contribution in [2.75, 3.05) is 5.32 Å². The second kappa shape index (κ2) is 21.6. The van der Waals surface area contributed by atoms with E-state index in [1.165, 1.54) is 13.8 Å². The van der Waals surface area contributed by atoms with Crippen LogP contribution in [0.1, 0.15) is 85.5 Å². The van der Waals surface area contributed by atoms with Crippen LogP contribution in [0, 0.1) is 35.1 Å². The van der Waals surface area contributed by atoms with E-state index in [-0.39, 0.29) is 104 Å². The Hall–Kier alpha value is -5.37. The summed E-state index contributed by atoms with van der Waals surface area (Å²) in [6.07, 6.45) is 0.889. The highest BCUT2D eigenvalue weighted by Crippen LogP contribution is 2.39. The Morgan fingerprint density at radius 3 is 1.45 bits per heavy atom. The molecule has 0 saturated heterocycles. The normalized spacial score (nSPS) is 16.9. The van der Waals surface area contributed by atoms with Crippen molar-refractivity contribution in [2.45, 2.75) is 109 Å². The maximum Gasteiger partial charge on any atom is 0.334 e. The summed E-state index contributed by atoms with van der Waals surface area (Å²) >= 11 is 5.46. The number of alkyl halides is 4. The quantitative estimate of drug-likeness (QED) is 0.0927. The Labute approximate surface area is 354 Å². The van der Waals surface area contributed by atoms with Crippen LogP contribution < -0.4 is 33.5 Å². The Kier molecular flexibility index (Phi) is 17.8. The van der Waals surface area contributed by atoms with Crippen LogP contribution in [0.15, 0.2) is 67.7 Å². The number of benzene rings is 2. The summed E-state index contributed by atoms with van der Waals surface area (Å²) in [5.41, 5.74) is 1.87. The fraction of sp³-hybridized carbons (Fsp3) is 0.463. The maximum absolute atomic E-state index is 13.5. The SMILES string of the molecule is C.CC(=O)C[C@@H](N)C1CCC(F)(F)CC1.CC(=O)C[C@@H](Nc1cc(=O)n(-c2cc(F)cc(F)c2)c(=O)[nH]1)C1CCC(F)(F)CC1.O=c1cc(Cl)[nH]c(=O)n1-c1cc(F)cc(F)c1. The molecule has 4 aromatic rings. The van der Waals surface area contributed by atoms with Crippen LogP contribution in [0.2, 0.25) is 5.15 Å². The minimum Gasteiger partial charge on any atom is -0.368 e. The zero-order chi connectivity index (χ0) is 45.4. The van der Waals surface area contributed by atoms with E-state index in [0.29, 0.717) is 40.5 Å². The summed E-state index contributed by atoms with van der Waals surface area (Å²) < 4.78 is 106. The van der Waals surface area contributed by atoms with Crippen molar-refractivity contribution in [1.29, 1.82) is 0 Å². The fourth-order valence-corrected chi connectivity index (χ4v) is 7.34. The Bertz CT molecular complexity index is 2330. The van der Waals surface area contributed by atoms with E-state index in [4.69, 9.17) is 17.3 Å².